The molecule has 3 nitrogen and oxygen atoms in total. The van der Waals surface area contributed by atoms with Gasteiger partial charge >= 0.3 is 0 Å². The van der Waals surface area contributed by atoms with Crippen molar-refractivity contribution in [2.24, 2.45) is 5.41 Å². The monoisotopic (exact) mass is 388 g/mol. The molecule has 29 heavy (non-hydrogen) atoms. The molecule has 0 amide bonds. The number of hydrogen-bond donors (Lipinski definition) is 1. The van der Waals surface area contributed by atoms with Crippen LogP contribution >= 0.6 is 0 Å². The summed E-state index contributed by atoms with van der Waals surface area (Å²) in [6.07, 6.45) is 8.83. The van der Waals surface area contributed by atoms with Crippen LogP contribution in [0.2, 0.25) is 0 Å². The molecule has 0 radical (unpaired) electrons. The predicted octanol–water partition coefficient (Wildman–Crippen LogP) is 6.01. The molecular weight excluding hydrogens is 356 g/mol. The Morgan fingerprint density at radius 2 is 1.72 bits per heavy atom. The zero-order valence-electron chi connectivity index (χ0n) is 18.0. The summed E-state index contributed by atoms with van der Waals surface area (Å²) in [6, 6.07) is 10.7. The molecule has 0 unspecified atom stereocenters. The highest BCUT2D eigenvalue weighted by molar-refractivity contribution is 6.01. The van der Waals surface area contributed by atoms with E-state index in [-0.39, 0.29) is 5.41 Å². The van der Waals surface area contributed by atoms with E-state index in [1.807, 2.05) is 0 Å². The predicted molar refractivity (Wildman–Crippen MR) is 116 cm³/mol. The zero-order valence-corrected chi connectivity index (χ0v) is 18.0. The number of aromatic amines is 1. The Labute approximate surface area is 174 Å². The minimum Gasteiger partial charge on any atom is -0.294 e. The second kappa shape index (κ2) is 6.68. The van der Waals surface area contributed by atoms with E-state index in [1.165, 1.54) is 60.2 Å². The Balaban J connectivity index is 1.74. The lowest BCUT2D eigenvalue weighted by Crippen LogP contribution is -2.41. The molecule has 1 N–H and O–H groups in total. The molecule has 3 heteroatoms. The first kappa shape index (κ1) is 18.8. The van der Waals surface area contributed by atoms with Crippen molar-refractivity contribution in [1.29, 1.82) is 0 Å². The smallest absolute Gasteiger partial charge is 0.160 e. The lowest BCUT2D eigenvalue weighted by atomic mass is 9.57. The maximum atomic E-state index is 13.6. The number of ketones is 1. The van der Waals surface area contributed by atoms with Crippen molar-refractivity contribution < 1.29 is 4.79 Å². The van der Waals surface area contributed by atoms with E-state index in [1.54, 1.807) is 0 Å². The van der Waals surface area contributed by atoms with Crippen molar-refractivity contribution in [1.82, 2.24) is 10.2 Å². The number of H-pyrrole nitrogens is 1. The molecule has 0 aliphatic heterocycles. The first-order valence-corrected chi connectivity index (χ1v) is 11.3. The number of nitrogens with zero attached hydrogens (tertiary/aromatic N) is 1. The molecule has 3 aliphatic carbocycles. The Hall–Kier alpha value is -2.16. The standard InChI is InChI=1S/C26H32N2O/c1-25(2)15-18-14-20-23(24(28-27-20)17-10-6-4-7-11-17)26(3,22(18)21(29)16-25)19-12-8-5-9-13-19/h5,8-9,12-13,17H,4,6-7,10-11,14-16H2,1-3H3,(H,27,28)/t26-/m0/s1. The van der Waals surface area contributed by atoms with Gasteiger partial charge in [0.25, 0.3) is 0 Å². The summed E-state index contributed by atoms with van der Waals surface area (Å²) >= 11 is 0. The van der Waals surface area contributed by atoms with E-state index in [0.29, 0.717) is 18.1 Å². The SMILES string of the molecule is CC1(C)CC(=O)C2=C(Cc3[nH]nc(C4CCCCC4)c3[C@@]2(C)c2ccccc2)C1. The first-order chi connectivity index (χ1) is 13.9. The number of nitrogens with one attached hydrogen (secondary N) is 1. The van der Waals surface area contributed by atoms with Crippen LogP contribution in [0, 0.1) is 5.41 Å². The molecule has 1 heterocycles. The molecule has 0 spiro atoms. The molecular formula is C26H32N2O. The fraction of sp³-hybridized carbons (Fsp3) is 0.538. The maximum absolute atomic E-state index is 13.6. The third-order valence-electron chi connectivity index (χ3n) is 7.57. The second-order valence-electron chi connectivity index (χ2n) is 10.4. The van der Waals surface area contributed by atoms with Crippen molar-refractivity contribution in [3.05, 3.63) is 64.0 Å². The topological polar surface area (TPSA) is 45.8 Å². The number of Topliss-reactive ketones (excluding diaryl/α,β-unsaturated/α-hetero) is 1. The Morgan fingerprint density at radius 1 is 1.00 bits per heavy atom. The van der Waals surface area contributed by atoms with Crippen LogP contribution in [0.5, 0.6) is 0 Å². The van der Waals surface area contributed by atoms with Crippen LogP contribution < -0.4 is 0 Å². The summed E-state index contributed by atoms with van der Waals surface area (Å²) in [5.74, 6) is 0.855. The normalized spacial score (nSPS) is 26.9. The van der Waals surface area contributed by atoms with Crippen molar-refractivity contribution >= 4 is 5.78 Å². The van der Waals surface area contributed by atoms with Crippen molar-refractivity contribution in [3.8, 4) is 0 Å². The van der Waals surface area contributed by atoms with Gasteiger partial charge < -0.3 is 0 Å². The van der Waals surface area contributed by atoms with Gasteiger partial charge in [0.15, 0.2) is 5.78 Å². The number of hydrogen-bond acceptors (Lipinski definition) is 2. The van der Waals surface area contributed by atoms with Gasteiger partial charge in [-0.25, -0.2) is 0 Å². The van der Waals surface area contributed by atoms with Gasteiger partial charge in [-0.1, -0.05) is 69.0 Å². The second-order valence-corrected chi connectivity index (χ2v) is 10.4. The van der Waals surface area contributed by atoms with Crippen molar-refractivity contribution in [3.63, 3.8) is 0 Å². The molecule has 5 rings (SSSR count). The lowest BCUT2D eigenvalue weighted by molar-refractivity contribution is -0.118. The van der Waals surface area contributed by atoms with E-state index in [9.17, 15) is 4.79 Å². The van der Waals surface area contributed by atoms with Gasteiger partial charge in [0, 0.05) is 41.0 Å². The molecule has 3 aliphatic rings. The molecule has 1 aromatic carbocycles. The summed E-state index contributed by atoms with van der Waals surface area (Å²) in [4.78, 5) is 13.6. The van der Waals surface area contributed by atoms with Crippen LogP contribution in [0.15, 0.2) is 41.5 Å². The van der Waals surface area contributed by atoms with Gasteiger partial charge in [-0.3, -0.25) is 9.89 Å². The van der Waals surface area contributed by atoms with Gasteiger partial charge in [0.1, 0.15) is 0 Å². The molecule has 152 valence electrons. The third kappa shape index (κ3) is 2.93. The number of carbonyl (C=O) groups excluding carboxylic acids is 1. The van der Waals surface area contributed by atoms with Crippen molar-refractivity contribution in [2.75, 3.05) is 0 Å². The van der Waals surface area contributed by atoms with Gasteiger partial charge in [0.2, 0.25) is 0 Å². The zero-order chi connectivity index (χ0) is 20.2. The minimum absolute atomic E-state index is 0.0389. The fourth-order valence-corrected chi connectivity index (χ4v) is 6.38. The largest absolute Gasteiger partial charge is 0.294 e. The quantitative estimate of drug-likeness (QED) is 0.685. The number of benzene rings is 1. The number of rotatable bonds is 2. The highest BCUT2D eigenvalue weighted by Crippen LogP contribution is 2.54. The molecule has 1 atom stereocenters. The molecule has 0 saturated heterocycles. The first-order valence-electron chi connectivity index (χ1n) is 11.3. The summed E-state index contributed by atoms with van der Waals surface area (Å²) in [7, 11) is 0. The van der Waals surface area contributed by atoms with E-state index < -0.39 is 5.41 Å². The van der Waals surface area contributed by atoms with E-state index >= 15 is 0 Å². The van der Waals surface area contributed by atoms with Crippen LogP contribution in [0.4, 0.5) is 0 Å². The van der Waals surface area contributed by atoms with Gasteiger partial charge in [-0.05, 0) is 37.2 Å². The average Bonchev–Trinajstić information content (AvgIpc) is 3.12. The summed E-state index contributed by atoms with van der Waals surface area (Å²) in [5.41, 5.74) is 7.02. The van der Waals surface area contributed by atoms with Gasteiger partial charge in [0.05, 0.1) is 5.69 Å². The Bertz CT molecular complexity index is 975. The minimum atomic E-state index is -0.405. The maximum Gasteiger partial charge on any atom is 0.160 e. The fourth-order valence-electron chi connectivity index (χ4n) is 6.38. The van der Waals surface area contributed by atoms with Gasteiger partial charge in [-0.2, -0.15) is 5.10 Å². The van der Waals surface area contributed by atoms with Crippen LogP contribution in [0.1, 0.15) is 94.1 Å². The van der Waals surface area contributed by atoms with Crippen molar-refractivity contribution in [2.45, 2.75) is 83.5 Å². The van der Waals surface area contributed by atoms with Gasteiger partial charge in [-0.15, -0.1) is 0 Å². The summed E-state index contributed by atoms with van der Waals surface area (Å²) < 4.78 is 0. The molecule has 1 aromatic heterocycles. The van der Waals surface area contributed by atoms with E-state index in [0.717, 1.165) is 18.4 Å². The molecule has 0 bridgehead atoms. The molecule has 2 aromatic rings. The summed E-state index contributed by atoms with van der Waals surface area (Å²) in [5, 5.41) is 8.33. The Morgan fingerprint density at radius 3 is 2.45 bits per heavy atom. The lowest BCUT2D eigenvalue weighted by Gasteiger charge is -2.44. The highest BCUT2D eigenvalue weighted by atomic mass is 16.1. The average molecular weight is 389 g/mol. The van der Waals surface area contributed by atoms with Crippen LogP contribution in [-0.4, -0.2) is 16.0 Å². The Kier molecular flexibility index (Phi) is 4.34. The highest BCUT2D eigenvalue weighted by Gasteiger charge is 2.49. The van der Waals surface area contributed by atoms with Crippen LogP contribution in [-0.2, 0) is 16.6 Å². The van der Waals surface area contributed by atoms with Crippen LogP contribution in [0.3, 0.4) is 0 Å². The van der Waals surface area contributed by atoms with E-state index in [2.05, 4.69) is 56.2 Å². The summed E-state index contributed by atoms with van der Waals surface area (Å²) in [6.45, 7) is 6.74. The number of carbonyl (C=O) groups is 1. The number of allylic oxidation sites excluding steroid dienone is 2. The van der Waals surface area contributed by atoms with Crippen LogP contribution in [0.25, 0.3) is 0 Å². The number of fused-ring (bicyclic) bond motifs is 1. The number of aromatic nitrogens is 2. The molecule has 1 fully saturated rings. The van der Waals surface area contributed by atoms with E-state index in [4.69, 9.17) is 5.10 Å². The third-order valence-corrected chi connectivity index (χ3v) is 7.57. The molecule has 1 saturated carbocycles.